The average molecular weight is 426 g/mol. The first kappa shape index (κ1) is 23.1. The van der Waals surface area contributed by atoms with Crippen LogP contribution in [0.1, 0.15) is 31.4 Å². The molecule has 0 saturated heterocycles. The summed E-state index contributed by atoms with van der Waals surface area (Å²) in [5, 5.41) is 9.85. The summed E-state index contributed by atoms with van der Waals surface area (Å²) >= 11 is 0. The van der Waals surface area contributed by atoms with Crippen molar-refractivity contribution in [3.8, 4) is 5.75 Å². The number of ether oxygens (including phenoxy) is 1. The lowest BCUT2D eigenvalue weighted by Crippen LogP contribution is -2.33. The molecule has 6 nitrogen and oxygen atoms in total. The van der Waals surface area contributed by atoms with Crippen molar-refractivity contribution in [2.45, 2.75) is 31.6 Å². The third kappa shape index (κ3) is 6.43. The summed E-state index contributed by atoms with van der Waals surface area (Å²) < 4.78 is 55.9. The third-order valence-electron chi connectivity index (χ3n) is 4.45. The van der Waals surface area contributed by atoms with E-state index >= 15 is 0 Å². The van der Waals surface area contributed by atoms with Crippen LogP contribution in [0, 0.1) is 23.0 Å². The highest BCUT2D eigenvalue weighted by Gasteiger charge is 2.39. The molecule has 162 valence electrons. The number of anilines is 1. The maximum atomic E-state index is 13.3. The fourth-order valence-electron chi connectivity index (χ4n) is 2.94. The highest BCUT2D eigenvalue weighted by molar-refractivity contribution is 5.96. The first-order valence-corrected chi connectivity index (χ1v) is 9.10. The Morgan fingerprint density at radius 2 is 2.07 bits per heavy atom. The second-order valence-corrected chi connectivity index (χ2v) is 6.74. The SMILES string of the molecule is COc1cccc(F)c1F.N=C(N)c1cc(NC(=O)[C@H]2CCCC(F)(F)C2)ccn1. The minimum absolute atomic E-state index is 0.0694. The number of amides is 1. The first-order chi connectivity index (χ1) is 14.1. The van der Waals surface area contributed by atoms with Gasteiger partial charge in [-0.15, -0.1) is 0 Å². The van der Waals surface area contributed by atoms with Crippen LogP contribution in [0.3, 0.4) is 0 Å². The van der Waals surface area contributed by atoms with E-state index in [1.165, 1.54) is 37.6 Å². The van der Waals surface area contributed by atoms with Crippen LogP contribution >= 0.6 is 0 Å². The zero-order valence-electron chi connectivity index (χ0n) is 16.2. The largest absolute Gasteiger partial charge is 0.494 e. The molecule has 0 bridgehead atoms. The molecule has 0 unspecified atom stereocenters. The van der Waals surface area contributed by atoms with E-state index < -0.39 is 35.8 Å². The lowest BCUT2D eigenvalue weighted by atomic mass is 9.86. The van der Waals surface area contributed by atoms with Gasteiger partial charge in [0.25, 0.3) is 0 Å². The highest BCUT2D eigenvalue weighted by Crippen LogP contribution is 2.37. The van der Waals surface area contributed by atoms with Crippen molar-refractivity contribution in [3.05, 3.63) is 53.9 Å². The van der Waals surface area contributed by atoms with Gasteiger partial charge in [0.15, 0.2) is 11.6 Å². The molecule has 0 radical (unpaired) electrons. The Bertz CT molecular complexity index is 908. The fraction of sp³-hybridized carbons (Fsp3) is 0.350. The number of hydrogen-bond donors (Lipinski definition) is 3. The molecule has 1 amide bonds. The summed E-state index contributed by atoms with van der Waals surface area (Å²) in [5.41, 5.74) is 5.94. The van der Waals surface area contributed by atoms with Crippen molar-refractivity contribution in [1.82, 2.24) is 4.98 Å². The number of alkyl halides is 2. The number of benzene rings is 1. The Morgan fingerprint density at radius 1 is 1.33 bits per heavy atom. The number of nitrogen functional groups attached to an aromatic ring is 1. The van der Waals surface area contributed by atoms with E-state index in [9.17, 15) is 22.4 Å². The van der Waals surface area contributed by atoms with Gasteiger partial charge >= 0.3 is 0 Å². The van der Waals surface area contributed by atoms with Crippen molar-refractivity contribution >= 4 is 17.4 Å². The van der Waals surface area contributed by atoms with E-state index in [2.05, 4.69) is 15.0 Å². The minimum atomic E-state index is -2.76. The Kier molecular flexibility index (Phi) is 7.73. The van der Waals surface area contributed by atoms with E-state index in [1.807, 2.05) is 0 Å². The summed E-state index contributed by atoms with van der Waals surface area (Å²) in [5.74, 6) is -5.99. The Morgan fingerprint density at radius 3 is 2.67 bits per heavy atom. The van der Waals surface area contributed by atoms with Crippen LogP contribution in [-0.4, -0.2) is 29.8 Å². The van der Waals surface area contributed by atoms with Gasteiger partial charge in [-0.3, -0.25) is 15.2 Å². The third-order valence-corrected chi connectivity index (χ3v) is 4.45. The van der Waals surface area contributed by atoms with E-state index in [4.69, 9.17) is 11.1 Å². The number of hydrogen-bond acceptors (Lipinski definition) is 4. The van der Waals surface area contributed by atoms with Crippen LogP contribution in [0.2, 0.25) is 0 Å². The molecule has 1 atom stereocenters. The van der Waals surface area contributed by atoms with Crippen molar-refractivity contribution in [1.29, 1.82) is 5.41 Å². The standard InChI is InChI=1S/C13H16F2N4O.C7H6F2O/c14-13(15)4-1-2-8(7-13)12(20)19-9-3-5-18-10(6-9)11(16)17;1-10-6-4-2-3-5(8)7(6)9/h3,5-6,8H,1-2,4,7H2,(H3,16,17)(H,18,19,20);2-4H,1H3/t8-;/m0./s1. The van der Waals surface area contributed by atoms with E-state index in [0.29, 0.717) is 18.5 Å². The zero-order valence-corrected chi connectivity index (χ0v) is 16.2. The molecular formula is C20H22F4N4O2. The quantitative estimate of drug-likeness (QED) is 0.389. The molecular weight excluding hydrogens is 404 g/mol. The molecule has 1 aromatic carbocycles. The number of halogens is 4. The van der Waals surface area contributed by atoms with Crippen LogP contribution in [0.5, 0.6) is 5.75 Å². The predicted molar refractivity (Wildman–Crippen MR) is 104 cm³/mol. The van der Waals surface area contributed by atoms with Gasteiger partial charge in [-0.2, -0.15) is 4.39 Å². The average Bonchev–Trinajstić information content (AvgIpc) is 2.70. The fourth-order valence-corrected chi connectivity index (χ4v) is 2.94. The topological polar surface area (TPSA) is 101 Å². The number of carbonyl (C=O) groups excluding carboxylic acids is 1. The van der Waals surface area contributed by atoms with Crippen molar-refractivity contribution in [2.24, 2.45) is 11.7 Å². The number of amidine groups is 1. The minimum Gasteiger partial charge on any atom is -0.494 e. The molecule has 30 heavy (non-hydrogen) atoms. The molecule has 0 aliphatic heterocycles. The van der Waals surface area contributed by atoms with Crippen LogP contribution in [0.4, 0.5) is 23.2 Å². The Hall–Kier alpha value is -3.17. The molecule has 1 aliphatic rings. The summed E-state index contributed by atoms with van der Waals surface area (Å²) in [6.45, 7) is 0. The monoisotopic (exact) mass is 426 g/mol. The lowest BCUT2D eigenvalue weighted by Gasteiger charge is -2.27. The molecule has 1 saturated carbocycles. The molecule has 1 fully saturated rings. The van der Waals surface area contributed by atoms with E-state index in [1.54, 1.807) is 0 Å². The highest BCUT2D eigenvalue weighted by atomic mass is 19.3. The van der Waals surface area contributed by atoms with E-state index in [0.717, 1.165) is 6.07 Å². The Balaban J connectivity index is 0.000000269. The zero-order chi connectivity index (χ0) is 22.3. The molecule has 1 heterocycles. The molecule has 1 aliphatic carbocycles. The molecule has 0 spiro atoms. The molecule has 1 aromatic heterocycles. The van der Waals surface area contributed by atoms with Crippen molar-refractivity contribution < 1.29 is 27.1 Å². The van der Waals surface area contributed by atoms with Gasteiger partial charge in [-0.25, -0.2) is 13.2 Å². The Labute approximate surface area is 171 Å². The molecule has 3 rings (SSSR count). The molecule has 4 N–H and O–H groups in total. The van der Waals surface area contributed by atoms with Crippen molar-refractivity contribution in [2.75, 3.05) is 12.4 Å². The number of aromatic nitrogens is 1. The maximum absolute atomic E-state index is 13.3. The van der Waals surface area contributed by atoms with Crippen LogP contribution in [0.15, 0.2) is 36.5 Å². The smallest absolute Gasteiger partial charge is 0.248 e. The first-order valence-electron chi connectivity index (χ1n) is 9.10. The van der Waals surface area contributed by atoms with Gasteiger partial charge in [0.05, 0.1) is 7.11 Å². The lowest BCUT2D eigenvalue weighted by molar-refractivity contribution is -0.127. The maximum Gasteiger partial charge on any atom is 0.248 e. The van der Waals surface area contributed by atoms with Gasteiger partial charge in [-0.05, 0) is 37.1 Å². The number of carbonyl (C=O) groups is 1. The summed E-state index contributed by atoms with van der Waals surface area (Å²) in [6.07, 6.45) is 1.65. The number of nitrogens with zero attached hydrogens (tertiary/aromatic N) is 1. The molecule has 10 heteroatoms. The van der Waals surface area contributed by atoms with Crippen LogP contribution in [-0.2, 0) is 4.79 Å². The number of nitrogens with two attached hydrogens (primary N) is 1. The van der Waals surface area contributed by atoms with Crippen LogP contribution < -0.4 is 15.8 Å². The van der Waals surface area contributed by atoms with Gasteiger partial charge < -0.3 is 15.8 Å². The van der Waals surface area contributed by atoms with Crippen LogP contribution in [0.25, 0.3) is 0 Å². The van der Waals surface area contributed by atoms with Gasteiger partial charge in [-0.1, -0.05) is 6.07 Å². The number of rotatable bonds is 4. The normalized spacial score (nSPS) is 17.3. The second-order valence-electron chi connectivity index (χ2n) is 6.74. The van der Waals surface area contributed by atoms with E-state index in [-0.39, 0.29) is 23.7 Å². The van der Waals surface area contributed by atoms with Crippen molar-refractivity contribution in [3.63, 3.8) is 0 Å². The second kappa shape index (κ2) is 10.0. The summed E-state index contributed by atoms with van der Waals surface area (Å²) in [7, 11) is 1.29. The van der Waals surface area contributed by atoms with Gasteiger partial charge in [0, 0.05) is 30.6 Å². The van der Waals surface area contributed by atoms with Gasteiger partial charge in [0.1, 0.15) is 11.5 Å². The summed E-state index contributed by atoms with van der Waals surface area (Å²) in [6, 6.07) is 6.76. The molecule has 2 aromatic rings. The summed E-state index contributed by atoms with van der Waals surface area (Å²) in [4.78, 5) is 15.8. The number of pyridine rings is 1. The number of methoxy groups -OCH3 is 1. The van der Waals surface area contributed by atoms with Gasteiger partial charge in [0.2, 0.25) is 17.6 Å². The predicted octanol–water partition coefficient (Wildman–Crippen LogP) is 4.10. The number of nitrogens with one attached hydrogen (secondary N) is 2.